The minimum atomic E-state index is 0.0165. The van der Waals surface area contributed by atoms with E-state index in [2.05, 4.69) is 44.6 Å². The molecule has 3 aromatic rings. The Morgan fingerprint density at radius 2 is 1.88 bits per heavy atom. The maximum absolute atomic E-state index is 9.16. The molecule has 0 saturated heterocycles. The SMILES string of the molecule is CCCCNc1nc(Cl)nc2nc(NCCO)n(Cc3ccccc3)c12. The average Bonchev–Trinajstić information content (AvgIpc) is 2.98. The van der Waals surface area contributed by atoms with Crippen molar-refractivity contribution in [3.05, 3.63) is 41.2 Å². The number of nitrogens with one attached hydrogen (secondary N) is 2. The Bertz CT molecular complexity index is 852. The number of nitrogens with zero attached hydrogens (tertiary/aromatic N) is 4. The summed E-state index contributed by atoms with van der Waals surface area (Å²) in [5, 5.41) is 15.8. The number of aliphatic hydroxyl groups excluding tert-OH is 1. The van der Waals surface area contributed by atoms with Crippen LogP contribution in [0.4, 0.5) is 11.8 Å². The smallest absolute Gasteiger partial charge is 0.226 e. The minimum Gasteiger partial charge on any atom is -0.395 e. The number of benzene rings is 1. The van der Waals surface area contributed by atoms with Crippen LogP contribution >= 0.6 is 11.6 Å². The molecule has 0 spiro atoms. The van der Waals surface area contributed by atoms with E-state index in [0.29, 0.717) is 30.5 Å². The van der Waals surface area contributed by atoms with Crippen LogP contribution in [0.3, 0.4) is 0 Å². The summed E-state index contributed by atoms with van der Waals surface area (Å²) in [6, 6.07) is 10.1. The van der Waals surface area contributed by atoms with Crippen LogP contribution in [0.25, 0.3) is 11.2 Å². The molecule has 0 aliphatic carbocycles. The molecular weight excluding hydrogens is 352 g/mol. The van der Waals surface area contributed by atoms with Crippen LogP contribution in [-0.2, 0) is 6.54 Å². The number of aliphatic hydroxyl groups is 1. The van der Waals surface area contributed by atoms with Crippen LogP contribution in [0.15, 0.2) is 30.3 Å². The van der Waals surface area contributed by atoms with Crippen LogP contribution in [0.2, 0.25) is 5.28 Å². The number of hydrogen-bond acceptors (Lipinski definition) is 6. The number of imidazole rings is 1. The zero-order chi connectivity index (χ0) is 18.4. The monoisotopic (exact) mass is 374 g/mol. The molecule has 1 aromatic carbocycles. The molecule has 0 bridgehead atoms. The maximum Gasteiger partial charge on any atom is 0.226 e. The topological polar surface area (TPSA) is 87.9 Å². The number of fused-ring (bicyclic) bond motifs is 1. The lowest BCUT2D eigenvalue weighted by molar-refractivity contribution is 0.310. The second kappa shape index (κ2) is 8.82. The van der Waals surface area contributed by atoms with Gasteiger partial charge in [0, 0.05) is 13.1 Å². The third kappa shape index (κ3) is 4.23. The lowest BCUT2D eigenvalue weighted by Gasteiger charge is -2.13. The summed E-state index contributed by atoms with van der Waals surface area (Å²) >= 11 is 6.09. The van der Waals surface area contributed by atoms with E-state index in [1.165, 1.54) is 0 Å². The Kier molecular flexibility index (Phi) is 6.25. The zero-order valence-electron chi connectivity index (χ0n) is 14.7. The van der Waals surface area contributed by atoms with Gasteiger partial charge in [-0.05, 0) is 23.6 Å². The van der Waals surface area contributed by atoms with Crippen molar-refractivity contribution in [3.63, 3.8) is 0 Å². The first-order chi connectivity index (χ1) is 12.7. The summed E-state index contributed by atoms with van der Waals surface area (Å²) in [7, 11) is 0. The van der Waals surface area contributed by atoms with E-state index in [9.17, 15) is 0 Å². The van der Waals surface area contributed by atoms with Gasteiger partial charge in [-0.3, -0.25) is 0 Å². The van der Waals surface area contributed by atoms with Gasteiger partial charge in [0.05, 0.1) is 13.2 Å². The van der Waals surface area contributed by atoms with E-state index < -0.39 is 0 Å². The quantitative estimate of drug-likeness (QED) is 0.394. The predicted molar refractivity (Wildman–Crippen MR) is 105 cm³/mol. The fraction of sp³-hybridized carbons (Fsp3) is 0.389. The third-order valence-electron chi connectivity index (χ3n) is 3.98. The standard InChI is InChI=1S/C18H23ClN6O/c1-2-3-9-20-15-14-16(23-17(19)22-15)24-18(21-10-11-26)25(14)12-13-7-5-4-6-8-13/h4-8,26H,2-3,9-12H2,1H3,(H2,20,21,22,23,24). The molecule has 0 aliphatic heterocycles. The van der Waals surface area contributed by atoms with Crippen LogP contribution in [0.5, 0.6) is 0 Å². The fourth-order valence-electron chi connectivity index (χ4n) is 2.74. The van der Waals surface area contributed by atoms with Crippen LogP contribution in [0, 0.1) is 0 Å². The number of halogens is 1. The number of anilines is 2. The van der Waals surface area contributed by atoms with Gasteiger partial charge in [-0.1, -0.05) is 43.7 Å². The highest BCUT2D eigenvalue weighted by atomic mass is 35.5. The highest BCUT2D eigenvalue weighted by molar-refractivity contribution is 6.28. The van der Waals surface area contributed by atoms with Gasteiger partial charge in [-0.2, -0.15) is 15.0 Å². The predicted octanol–water partition coefficient (Wildman–Crippen LogP) is 3.14. The van der Waals surface area contributed by atoms with Crippen LogP contribution < -0.4 is 10.6 Å². The van der Waals surface area contributed by atoms with Crippen molar-refractivity contribution in [2.24, 2.45) is 0 Å². The Morgan fingerprint density at radius 1 is 1.08 bits per heavy atom. The molecule has 26 heavy (non-hydrogen) atoms. The van der Waals surface area contributed by atoms with Gasteiger partial charge in [0.25, 0.3) is 0 Å². The molecule has 0 saturated carbocycles. The van der Waals surface area contributed by atoms with Crippen molar-refractivity contribution in [2.75, 3.05) is 30.3 Å². The zero-order valence-corrected chi connectivity index (χ0v) is 15.5. The van der Waals surface area contributed by atoms with Crippen molar-refractivity contribution < 1.29 is 5.11 Å². The number of unbranched alkanes of at least 4 members (excludes halogenated alkanes) is 1. The summed E-state index contributed by atoms with van der Waals surface area (Å²) in [6.07, 6.45) is 2.12. The lowest BCUT2D eigenvalue weighted by atomic mass is 10.2. The molecule has 2 aromatic heterocycles. The van der Waals surface area contributed by atoms with Crippen molar-refractivity contribution in [2.45, 2.75) is 26.3 Å². The minimum absolute atomic E-state index is 0.0165. The second-order valence-electron chi connectivity index (χ2n) is 5.95. The average molecular weight is 375 g/mol. The van der Waals surface area contributed by atoms with Gasteiger partial charge >= 0.3 is 0 Å². The molecule has 8 heteroatoms. The molecule has 0 amide bonds. The first-order valence-corrected chi connectivity index (χ1v) is 9.17. The third-order valence-corrected chi connectivity index (χ3v) is 4.15. The van der Waals surface area contributed by atoms with Gasteiger partial charge < -0.3 is 20.3 Å². The van der Waals surface area contributed by atoms with Gasteiger partial charge in [-0.25, -0.2) is 0 Å². The normalized spacial score (nSPS) is 11.0. The highest BCUT2D eigenvalue weighted by Gasteiger charge is 2.18. The van der Waals surface area contributed by atoms with Crippen molar-refractivity contribution in [1.29, 1.82) is 0 Å². The molecule has 138 valence electrons. The van der Waals surface area contributed by atoms with E-state index in [4.69, 9.17) is 16.7 Å². The largest absolute Gasteiger partial charge is 0.395 e. The molecule has 3 N–H and O–H groups in total. The molecule has 0 aliphatic rings. The first-order valence-electron chi connectivity index (χ1n) is 8.79. The summed E-state index contributed by atoms with van der Waals surface area (Å²) in [4.78, 5) is 13.2. The van der Waals surface area contributed by atoms with E-state index in [-0.39, 0.29) is 11.9 Å². The summed E-state index contributed by atoms with van der Waals surface area (Å²) in [5.74, 6) is 1.31. The summed E-state index contributed by atoms with van der Waals surface area (Å²) in [5.41, 5.74) is 2.46. The molecule has 0 fully saturated rings. The number of aromatic nitrogens is 4. The first kappa shape index (κ1) is 18.4. The molecule has 0 unspecified atom stereocenters. The van der Waals surface area contributed by atoms with Crippen molar-refractivity contribution >= 4 is 34.5 Å². The summed E-state index contributed by atoms with van der Waals surface area (Å²) in [6.45, 7) is 3.97. The van der Waals surface area contributed by atoms with Gasteiger partial charge in [0.15, 0.2) is 11.5 Å². The Morgan fingerprint density at radius 3 is 2.62 bits per heavy atom. The lowest BCUT2D eigenvalue weighted by Crippen LogP contribution is -2.13. The molecular formula is C18H23ClN6O. The molecule has 7 nitrogen and oxygen atoms in total. The maximum atomic E-state index is 9.16. The molecule has 3 rings (SSSR count). The second-order valence-corrected chi connectivity index (χ2v) is 6.29. The number of rotatable bonds is 9. The molecule has 0 atom stereocenters. The van der Waals surface area contributed by atoms with Gasteiger partial charge in [0.1, 0.15) is 5.52 Å². The van der Waals surface area contributed by atoms with Crippen molar-refractivity contribution in [1.82, 2.24) is 19.5 Å². The van der Waals surface area contributed by atoms with E-state index in [0.717, 1.165) is 30.5 Å². The van der Waals surface area contributed by atoms with E-state index in [1.54, 1.807) is 0 Å². The summed E-state index contributed by atoms with van der Waals surface area (Å²) < 4.78 is 2.02. The Hall–Kier alpha value is -2.38. The van der Waals surface area contributed by atoms with Crippen LogP contribution in [0.1, 0.15) is 25.3 Å². The van der Waals surface area contributed by atoms with Gasteiger partial charge in [-0.15, -0.1) is 0 Å². The Balaban J connectivity index is 2.06. The molecule has 2 heterocycles. The van der Waals surface area contributed by atoms with Crippen molar-refractivity contribution in [3.8, 4) is 0 Å². The highest BCUT2D eigenvalue weighted by Crippen LogP contribution is 2.27. The fourth-order valence-corrected chi connectivity index (χ4v) is 2.90. The Labute approximate surface area is 157 Å². The van der Waals surface area contributed by atoms with E-state index >= 15 is 0 Å². The van der Waals surface area contributed by atoms with E-state index in [1.807, 2.05) is 22.8 Å². The molecule has 0 radical (unpaired) electrons. The number of hydrogen-bond donors (Lipinski definition) is 3. The van der Waals surface area contributed by atoms with Crippen LogP contribution in [-0.4, -0.2) is 44.3 Å². The van der Waals surface area contributed by atoms with Gasteiger partial charge in [0.2, 0.25) is 11.2 Å².